The molecule has 120 valence electrons. The Hall–Kier alpha value is -1.15. The average molecular weight is 443 g/mol. The predicted octanol–water partition coefficient (Wildman–Crippen LogP) is 5.11. The first-order chi connectivity index (χ1) is 11.0. The standard InChI is InChI=1S/C16H16ClIN4O/c1-7(2)22-8(3)10(11-15(17)19-6-20-16(11)22)13-12(18)14(23-21-13)9-4-5-9/h6-7,9H,4-5H2,1-3H3. The summed E-state index contributed by atoms with van der Waals surface area (Å²) in [6.45, 7) is 6.35. The summed E-state index contributed by atoms with van der Waals surface area (Å²) in [5.74, 6) is 1.52. The van der Waals surface area contributed by atoms with Crippen molar-refractivity contribution in [1.82, 2.24) is 19.7 Å². The molecule has 4 rings (SSSR count). The van der Waals surface area contributed by atoms with Crippen LogP contribution < -0.4 is 0 Å². The second-order valence-corrected chi connectivity index (χ2v) is 7.71. The molecule has 0 saturated heterocycles. The summed E-state index contributed by atoms with van der Waals surface area (Å²) in [5.41, 5.74) is 3.77. The molecular formula is C16H16ClIN4O. The molecule has 1 fully saturated rings. The molecule has 0 radical (unpaired) electrons. The van der Waals surface area contributed by atoms with Gasteiger partial charge in [0.25, 0.3) is 0 Å². The number of rotatable bonds is 3. The van der Waals surface area contributed by atoms with Gasteiger partial charge in [-0.3, -0.25) is 0 Å². The van der Waals surface area contributed by atoms with Gasteiger partial charge < -0.3 is 9.09 Å². The number of fused-ring (bicyclic) bond motifs is 1. The Morgan fingerprint density at radius 3 is 2.74 bits per heavy atom. The number of hydrogen-bond acceptors (Lipinski definition) is 4. The van der Waals surface area contributed by atoms with Crippen molar-refractivity contribution >= 4 is 45.2 Å². The maximum Gasteiger partial charge on any atom is 0.153 e. The van der Waals surface area contributed by atoms with Crippen LogP contribution in [0.3, 0.4) is 0 Å². The summed E-state index contributed by atoms with van der Waals surface area (Å²) < 4.78 is 8.90. The first kappa shape index (κ1) is 15.4. The Morgan fingerprint density at radius 1 is 1.35 bits per heavy atom. The third-order valence-corrected chi connectivity index (χ3v) is 5.67. The monoisotopic (exact) mass is 442 g/mol. The van der Waals surface area contributed by atoms with Gasteiger partial charge in [0.05, 0.1) is 8.96 Å². The van der Waals surface area contributed by atoms with E-state index in [1.165, 1.54) is 19.2 Å². The highest BCUT2D eigenvalue weighted by Gasteiger charge is 2.33. The lowest BCUT2D eigenvalue weighted by Gasteiger charge is -2.11. The molecule has 0 amide bonds. The third-order valence-electron chi connectivity index (χ3n) is 4.34. The van der Waals surface area contributed by atoms with Gasteiger partial charge in [-0.25, -0.2) is 9.97 Å². The molecule has 0 unspecified atom stereocenters. The lowest BCUT2D eigenvalue weighted by molar-refractivity contribution is 0.385. The van der Waals surface area contributed by atoms with E-state index < -0.39 is 0 Å². The normalized spacial score (nSPS) is 15.0. The number of aromatic nitrogens is 4. The van der Waals surface area contributed by atoms with Gasteiger partial charge in [-0.2, -0.15) is 0 Å². The second kappa shape index (κ2) is 5.44. The minimum absolute atomic E-state index is 0.268. The largest absolute Gasteiger partial charge is 0.359 e. The van der Waals surface area contributed by atoms with E-state index in [1.807, 2.05) is 0 Å². The van der Waals surface area contributed by atoms with Gasteiger partial charge in [0.1, 0.15) is 22.8 Å². The van der Waals surface area contributed by atoms with Gasteiger partial charge in [0.2, 0.25) is 0 Å². The van der Waals surface area contributed by atoms with Crippen LogP contribution in [0.1, 0.15) is 50.1 Å². The lowest BCUT2D eigenvalue weighted by Crippen LogP contribution is -2.03. The van der Waals surface area contributed by atoms with Crippen molar-refractivity contribution in [2.45, 2.75) is 45.6 Å². The van der Waals surface area contributed by atoms with Crippen molar-refractivity contribution in [3.63, 3.8) is 0 Å². The van der Waals surface area contributed by atoms with Gasteiger partial charge in [-0.15, -0.1) is 0 Å². The average Bonchev–Trinajstić information content (AvgIpc) is 3.19. The predicted molar refractivity (Wildman–Crippen MR) is 97.8 cm³/mol. The molecule has 0 bridgehead atoms. The zero-order valence-corrected chi connectivity index (χ0v) is 16.0. The van der Waals surface area contributed by atoms with E-state index in [0.717, 1.165) is 37.3 Å². The van der Waals surface area contributed by atoms with Crippen molar-refractivity contribution in [3.05, 3.63) is 26.5 Å². The summed E-state index contributed by atoms with van der Waals surface area (Å²) in [5, 5.41) is 5.68. The molecule has 23 heavy (non-hydrogen) atoms. The van der Waals surface area contributed by atoms with Crippen molar-refractivity contribution in [3.8, 4) is 11.3 Å². The van der Waals surface area contributed by atoms with E-state index in [9.17, 15) is 0 Å². The Morgan fingerprint density at radius 2 is 2.09 bits per heavy atom. The van der Waals surface area contributed by atoms with Crippen molar-refractivity contribution in [2.24, 2.45) is 0 Å². The molecule has 0 atom stereocenters. The fraction of sp³-hybridized carbons (Fsp3) is 0.438. The maximum atomic E-state index is 6.41. The van der Waals surface area contributed by atoms with Crippen molar-refractivity contribution in [2.75, 3.05) is 0 Å². The molecule has 0 N–H and O–H groups in total. The molecule has 7 heteroatoms. The topological polar surface area (TPSA) is 56.7 Å². The van der Waals surface area contributed by atoms with Gasteiger partial charge >= 0.3 is 0 Å². The van der Waals surface area contributed by atoms with Crippen LogP contribution in [0, 0.1) is 10.5 Å². The van der Waals surface area contributed by atoms with Gasteiger partial charge in [0, 0.05) is 23.2 Å². The molecule has 1 saturated carbocycles. The van der Waals surface area contributed by atoms with Crippen LogP contribution in [0.4, 0.5) is 0 Å². The van der Waals surface area contributed by atoms with Crippen LogP contribution in [0.5, 0.6) is 0 Å². The van der Waals surface area contributed by atoms with Crippen LogP contribution in [0.25, 0.3) is 22.3 Å². The summed E-state index contributed by atoms with van der Waals surface area (Å²) in [6.07, 6.45) is 3.87. The van der Waals surface area contributed by atoms with E-state index in [1.54, 1.807) is 0 Å². The molecule has 1 aliphatic rings. The summed E-state index contributed by atoms with van der Waals surface area (Å²) >= 11 is 8.74. The van der Waals surface area contributed by atoms with Crippen molar-refractivity contribution in [1.29, 1.82) is 0 Å². The molecule has 0 aromatic carbocycles. The molecule has 0 spiro atoms. The van der Waals surface area contributed by atoms with Crippen molar-refractivity contribution < 1.29 is 4.52 Å². The lowest BCUT2D eigenvalue weighted by atomic mass is 10.1. The van der Waals surface area contributed by atoms with Gasteiger partial charge in [-0.1, -0.05) is 16.8 Å². The highest BCUT2D eigenvalue weighted by Crippen LogP contribution is 2.46. The maximum absolute atomic E-state index is 6.41. The van der Waals surface area contributed by atoms with E-state index in [-0.39, 0.29) is 6.04 Å². The van der Waals surface area contributed by atoms with E-state index in [2.05, 4.69) is 63.1 Å². The number of hydrogen-bond donors (Lipinski definition) is 0. The highest BCUT2D eigenvalue weighted by molar-refractivity contribution is 14.1. The third kappa shape index (κ3) is 2.29. The van der Waals surface area contributed by atoms with E-state index in [0.29, 0.717) is 11.1 Å². The fourth-order valence-electron chi connectivity index (χ4n) is 3.18. The molecule has 0 aliphatic heterocycles. The molecule has 5 nitrogen and oxygen atoms in total. The Kier molecular flexibility index (Phi) is 3.64. The van der Waals surface area contributed by atoms with Gasteiger partial charge in [0.15, 0.2) is 5.76 Å². The first-order valence-corrected chi connectivity index (χ1v) is 9.12. The Balaban J connectivity index is 2.05. The SMILES string of the molecule is Cc1c(-c2noc(C3CC3)c2I)c2c(Cl)ncnc2n1C(C)C. The van der Waals surface area contributed by atoms with Crippen LogP contribution in [-0.4, -0.2) is 19.7 Å². The zero-order chi connectivity index (χ0) is 16.3. The van der Waals surface area contributed by atoms with Crippen LogP contribution in [-0.2, 0) is 0 Å². The number of nitrogens with zero attached hydrogens (tertiary/aromatic N) is 4. The summed E-state index contributed by atoms with van der Waals surface area (Å²) in [7, 11) is 0. The van der Waals surface area contributed by atoms with Gasteiger partial charge in [-0.05, 0) is 56.2 Å². The Labute approximate surface area is 152 Å². The minimum Gasteiger partial charge on any atom is -0.359 e. The molecule has 3 aromatic heterocycles. The van der Waals surface area contributed by atoms with Crippen LogP contribution in [0.2, 0.25) is 5.15 Å². The van der Waals surface area contributed by atoms with Crippen LogP contribution in [0.15, 0.2) is 10.9 Å². The molecule has 3 heterocycles. The molecule has 1 aliphatic carbocycles. The Bertz CT molecular complexity index is 911. The van der Waals surface area contributed by atoms with E-state index in [4.69, 9.17) is 16.1 Å². The second-order valence-electron chi connectivity index (χ2n) is 6.27. The summed E-state index contributed by atoms with van der Waals surface area (Å²) in [4.78, 5) is 8.63. The smallest absolute Gasteiger partial charge is 0.153 e. The quantitative estimate of drug-likeness (QED) is 0.418. The zero-order valence-electron chi connectivity index (χ0n) is 13.1. The van der Waals surface area contributed by atoms with Crippen LogP contribution >= 0.6 is 34.2 Å². The highest BCUT2D eigenvalue weighted by atomic mass is 127. The molecular weight excluding hydrogens is 427 g/mol. The first-order valence-electron chi connectivity index (χ1n) is 7.67. The number of halogens is 2. The summed E-state index contributed by atoms with van der Waals surface area (Å²) in [6, 6.07) is 0.268. The molecule has 3 aromatic rings. The fourth-order valence-corrected chi connectivity index (χ4v) is 4.31. The minimum atomic E-state index is 0.268. The van der Waals surface area contributed by atoms with E-state index >= 15 is 0 Å².